The molecule has 0 aliphatic carbocycles. The van der Waals surface area contributed by atoms with Gasteiger partial charge in [-0.05, 0) is 48.4 Å². The monoisotopic (exact) mass is 366 g/mol. The van der Waals surface area contributed by atoms with Gasteiger partial charge in [0.25, 0.3) is 0 Å². The largest absolute Gasteiger partial charge is 0.490 e. The zero-order valence-corrected chi connectivity index (χ0v) is 14.9. The minimum absolute atomic E-state index is 0.158. The third-order valence-electron chi connectivity index (χ3n) is 4.48. The van der Waals surface area contributed by atoms with Crippen molar-refractivity contribution in [3.05, 3.63) is 71.2 Å². The molecule has 1 aliphatic heterocycles. The highest BCUT2D eigenvalue weighted by Crippen LogP contribution is 2.33. The van der Waals surface area contributed by atoms with Gasteiger partial charge in [-0.1, -0.05) is 17.3 Å². The molecule has 0 fully saturated rings. The van der Waals surface area contributed by atoms with Crippen LogP contribution in [0.1, 0.15) is 23.7 Å². The topological polar surface area (TPSA) is 64.4 Å². The standard InChI is InChI=1S/C21H19FN2O3/c1-13-8-16-10-15(4-7-19(16)26-13)20-11-18(24-27-20)12-23-21(25)9-14-2-5-17(22)6-3-14/h2-7,10-11,13H,8-9,12H2,1H3,(H,23,25). The highest BCUT2D eigenvalue weighted by molar-refractivity contribution is 5.78. The van der Waals surface area contributed by atoms with Gasteiger partial charge in [0.05, 0.1) is 13.0 Å². The summed E-state index contributed by atoms with van der Waals surface area (Å²) in [7, 11) is 0. The predicted octanol–water partition coefficient (Wildman–Crippen LogP) is 3.66. The molecule has 1 N–H and O–H groups in total. The lowest BCUT2D eigenvalue weighted by molar-refractivity contribution is -0.120. The molecule has 138 valence electrons. The quantitative estimate of drug-likeness (QED) is 0.748. The van der Waals surface area contributed by atoms with Crippen molar-refractivity contribution in [2.45, 2.75) is 32.4 Å². The summed E-state index contributed by atoms with van der Waals surface area (Å²) in [5.41, 5.74) is 3.49. The number of fused-ring (bicyclic) bond motifs is 1. The van der Waals surface area contributed by atoms with E-state index >= 15 is 0 Å². The number of amides is 1. The van der Waals surface area contributed by atoms with Crippen molar-refractivity contribution >= 4 is 5.91 Å². The Kier molecular flexibility index (Phi) is 4.62. The molecule has 2 heterocycles. The van der Waals surface area contributed by atoms with Crippen LogP contribution in [0.2, 0.25) is 0 Å². The number of nitrogens with zero attached hydrogens (tertiary/aromatic N) is 1. The van der Waals surface area contributed by atoms with Crippen LogP contribution in [0.15, 0.2) is 53.1 Å². The normalized spacial score (nSPS) is 15.3. The van der Waals surface area contributed by atoms with E-state index in [1.807, 2.05) is 25.1 Å². The Hall–Kier alpha value is -3.15. The van der Waals surface area contributed by atoms with Crippen molar-refractivity contribution in [2.75, 3.05) is 0 Å². The molecule has 6 heteroatoms. The molecular formula is C21H19FN2O3. The van der Waals surface area contributed by atoms with Crippen molar-refractivity contribution in [1.29, 1.82) is 0 Å². The van der Waals surface area contributed by atoms with Crippen molar-refractivity contribution in [3.8, 4) is 17.1 Å². The molecule has 4 rings (SSSR count). The fourth-order valence-corrected chi connectivity index (χ4v) is 3.15. The van der Waals surface area contributed by atoms with Crippen LogP contribution in [0.4, 0.5) is 4.39 Å². The molecule has 1 aliphatic rings. The summed E-state index contributed by atoms with van der Waals surface area (Å²) in [6, 6.07) is 13.6. The van der Waals surface area contributed by atoms with E-state index in [4.69, 9.17) is 9.26 Å². The first-order valence-corrected chi connectivity index (χ1v) is 8.83. The van der Waals surface area contributed by atoms with Gasteiger partial charge in [-0.3, -0.25) is 4.79 Å². The van der Waals surface area contributed by atoms with Crippen molar-refractivity contribution < 1.29 is 18.4 Å². The summed E-state index contributed by atoms with van der Waals surface area (Å²) >= 11 is 0. The molecule has 27 heavy (non-hydrogen) atoms. The fourth-order valence-electron chi connectivity index (χ4n) is 3.15. The first-order chi connectivity index (χ1) is 13.1. The van der Waals surface area contributed by atoms with Gasteiger partial charge >= 0.3 is 0 Å². The number of rotatable bonds is 5. The molecule has 1 amide bonds. The maximum atomic E-state index is 12.9. The summed E-state index contributed by atoms with van der Waals surface area (Å²) in [4.78, 5) is 12.0. The van der Waals surface area contributed by atoms with Crippen molar-refractivity contribution in [3.63, 3.8) is 0 Å². The summed E-state index contributed by atoms with van der Waals surface area (Å²) in [6.07, 6.45) is 1.26. The van der Waals surface area contributed by atoms with Gasteiger partial charge in [-0.15, -0.1) is 0 Å². The molecule has 0 radical (unpaired) electrons. The molecule has 1 atom stereocenters. The van der Waals surface area contributed by atoms with Crippen LogP contribution in [0.3, 0.4) is 0 Å². The zero-order chi connectivity index (χ0) is 18.8. The Morgan fingerprint density at radius 1 is 1.22 bits per heavy atom. The average molecular weight is 366 g/mol. The van der Waals surface area contributed by atoms with Gasteiger partial charge < -0.3 is 14.6 Å². The third kappa shape index (κ3) is 4.00. The highest BCUT2D eigenvalue weighted by atomic mass is 19.1. The SMILES string of the molecule is CC1Cc2cc(-c3cc(CNC(=O)Cc4ccc(F)cc4)no3)ccc2O1. The summed E-state index contributed by atoms with van der Waals surface area (Å²) in [5, 5.41) is 6.82. The molecule has 1 unspecified atom stereocenters. The van der Waals surface area contributed by atoms with Gasteiger partial charge in [-0.25, -0.2) is 4.39 Å². The van der Waals surface area contributed by atoms with Gasteiger partial charge in [0, 0.05) is 18.1 Å². The summed E-state index contributed by atoms with van der Waals surface area (Å²) < 4.78 is 24.0. The van der Waals surface area contributed by atoms with E-state index in [0.717, 1.165) is 28.9 Å². The van der Waals surface area contributed by atoms with E-state index in [1.165, 1.54) is 12.1 Å². The molecule has 0 spiro atoms. The second kappa shape index (κ2) is 7.23. The average Bonchev–Trinajstić information content (AvgIpc) is 3.26. The molecule has 0 saturated heterocycles. The lowest BCUT2D eigenvalue weighted by atomic mass is 10.1. The molecule has 5 nitrogen and oxygen atoms in total. The summed E-state index contributed by atoms with van der Waals surface area (Å²) in [6.45, 7) is 2.31. The molecule has 1 aromatic heterocycles. The van der Waals surface area contributed by atoms with Crippen LogP contribution >= 0.6 is 0 Å². The second-order valence-electron chi connectivity index (χ2n) is 6.72. The van der Waals surface area contributed by atoms with E-state index in [-0.39, 0.29) is 30.8 Å². The minimum atomic E-state index is -0.318. The minimum Gasteiger partial charge on any atom is -0.490 e. The number of hydrogen-bond donors (Lipinski definition) is 1. The molecular weight excluding hydrogens is 347 g/mol. The molecule has 2 aromatic carbocycles. The second-order valence-corrected chi connectivity index (χ2v) is 6.72. The van der Waals surface area contributed by atoms with Crippen LogP contribution in [0.25, 0.3) is 11.3 Å². The number of carbonyl (C=O) groups excluding carboxylic acids is 1. The Morgan fingerprint density at radius 2 is 2.04 bits per heavy atom. The van der Waals surface area contributed by atoms with Gasteiger partial charge in [0.2, 0.25) is 5.91 Å². The predicted molar refractivity (Wildman–Crippen MR) is 97.7 cm³/mol. The van der Waals surface area contributed by atoms with E-state index in [0.29, 0.717) is 11.5 Å². The van der Waals surface area contributed by atoms with Crippen LogP contribution in [-0.2, 0) is 24.2 Å². The zero-order valence-electron chi connectivity index (χ0n) is 14.9. The number of benzene rings is 2. The molecule has 0 saturated carbocycles. The van der Waals surface area contributed by atoms with Gasteiger partial charge in [0.15, 0.2) is 5.76 Å². The number of hydrogen-bond acceptors (Lipinski definition) is 4. The first kappa shape index (κ1) is 17.3. The number of nitrogens with one attached hydrogen (secondary N) is 1. The number of aromatic nitrogens is 1. The fraction of sp³-hybridized carbons (Fsp3) is 0.238. The Labute approximate surface area is 156 Å². The van der Waals surface area contributed by atoms with E-state index in [1.54, 1.807) is 12.1 Å². The van der Waals surface area contributed by atoms with Crippen LogP contribution in [-0.4, -0.2) is 17.2 Å². The van der Waals surface area contributed by atoms with Gasteiger partial charge in [0.1, 0.15) is 23.4 Å². The van der Waals surface area contributed by atoms with E-state index in [2.05, 4.69) is 16.5 Å². The lowest BCUT2D eigenvalue weighted by Gasteiger charge is -2.03. The maximum Gasteiger partial charge on any atom is 0.224 e. The smallest absolute Gasteiger partial charge is 0.224 e. The number of ether oxygens (including phenoxy) is 1. The number of halogens is 1. The van der Waals surface area contributed by atoms with Crippen LogP contribution in [0.5, 0.6) is 5.75 Å². The van der Waals surface area contributed by atoms with Crippen molar-refractivity contribution in [2.24, 2.45) is 0 Å². The first-order valence-electron chi connectivity index (χ1n) is 8.83. The van der Waals surface area contributed by atoms with Crippen LogP contribution in [0, 0.1) is 5.82 Å². The van der Waals surface area contributed by atoms with Crippen molar-refractivity contribution in [1.82, 2.24) is 10.5 Å². The molecule has 3 aromatic rings. The van der Waals surface area contributed by atoms with Gasteiger partial charge in [-0.2, -0.15) is 0 Å². The third-order valence-corrected chi connectivity index (χ3v) is 4.48. The Morgan fingerprint density at radius 3 is 2.85 bits per heavy atom. The van der Waals surface area contributed by atoms with E-state index < -0.39 is 0 Å². The van der Waals surface area contributed by atoms with E-state index in [9.17, 15) is 9.18 Å². The number of carbonyl (C=O) groups is 1. The lowest BCUT2D eigenvalue weighted by Crippen LogP contribution is -2.24. The Bertz CT molecular complexity index is 966. The molecule has 0 bridgehead atoms. The highest BCUT2D eigenvalue weighted by Gasteiger charge is 2.20. The van der Waals surface area contributed by atoms with Crippen LogP contribution < -0.4 is 10.1 Å². The Balaban J connectivity index is 1.36. The summed E-state index contributed by atoms with van der Waals surface area (Å²) in [5.74, 6) is 1.09. The maximum absolute atomic E-state index is 12.9.